The number of amides is 3. The maximum atomic E-state index is 13.6. The number of hydrogen-bond donors (Lipinski definition) is 2. The molecule has 0 saturated carbocycles. The van der Waals surface area contributed by atoms with E-state index in [1.807, 2.05) is 41.0 Å². The fraction of sp³-hybridized carbons (Fsp3) is 0.593. The van der Waals surface area contributed by atoms with E-state index in [9.17, 15) is 19.6 Å². The smallest absolute Gasteiger partial charge is 0.408 e. The average molecular weight is 550 g/mol. The molecule has 3 aliphatic rings. The number of carbonyl (C=O) groups is 3. The number of tetrazole rings is 1. The van der Waals surface area contributed by atoms with Crippen LogP contribution in [0, 0.1) is 11.3 Å². The Balaban J connectivity index is 1.27. The van der Waals surface area contributed by atoms with Crippen molar-refractivity contribution in [1.29, 1.82) is 5.26 Å². The first kappa shape index (κ1) is 27.5. The Labute approximate surface area is 232 Å². The van der Waals surface area contributed by atoms with Gasteiger partial charge in [0.2, 0.25) is 17.6 Å². The molecule has 3 aliphatic heterocycles. The van der Waals surface area contributed by atoms with E-state index < -0.39 is 23.8 Å². The molecule has 5 rings (SSSR count). The molecule has 0 aliphatic carbocycles. The summed E-state index contributed by atoms with van der Waals surface area (Å²) in [7, 11) is 0. The Hall–Kier alpha value is -4.05. The van der Waals surface area contributed by atoms with Gasteiger partial charge >= 0.3 is 6.09 Å². The first-order valence-electron chi connectivity index (χ1n) is 13.7. The Morgan fingerprint density at radius 2 is 2.02 bits per heavy atom. The van der Waals surface area contributed by atoms with Crippen LogP contribution in [0.1, 0.15) is 58.6 Å². The number of benzene rings is 1. The van der Waals surface area contributed by atoms with Gasteiger partial charge in [0.25, 0.3) is 0 Å². The molecule has 4 heterocycles. The van der Waals surface area contributed by atoms with Gasteiger partial charge in [-0.3, -0.25) is 14.5 Å². The van der Waals surface area contributed by atoms with Crippen molar-refractivity contribution in [2.24, 2.45) is 0 Å². The Morgan fingerprint density at radius 1 is 1.27 bits per heavy atom. The van der Waals surface area contributed by atoms with Crippen molar-refractivity contribution in [2.75, 3.05) is 19.6 Å². The number of nitriles is 1. The summed E-state index contributed by atoms with van der Waals surface area (Å²) in [4.78, 5) is 45.2. The molecule has 2 aromatic rings. The molecular formula is C27H35N9O4. The summed E-state index contributed by atoms with van der Waals surface area (Å²) in [6.45, 7) is 8.49. The molecule has 3 amide bonds. The molecule has 3 saturated heterocycles. The maximum Gasteiger partial charge on any atom is 0.408 e. The number of ether oxygens (including phenoxy) is 1. The van der Waals surface area contributed by atoms with E-state index in [1.165, 1.54) is 4.90 Å². The molecule has 4 unspecified atom stereocenters. The highest BCUT2D eigenvalue weighted by Gasteiger charge is 2.52. The van der Waals surface area contributed by atoms with Crippen molar-refractivity contribution in [3.63, 3.8) is 0 Å². The van der Waals surface area contributed by atoms with Crippen molar-refractivity contribution in [3.05, 3.63) is 29.8 Å². The molecule has 40 heavy (non-hydrogen) atoms. The number of piperazine rings is 1. The quantitative estimate of drug-likeness (QED) is 0.523. The second-order valence-electron chi connectivity index (χ2n) is 11.7. The fourth-order valence-corrected chi connectivity index (χ4v) is 5.99. The number of aromatic amines is 1. The molecule has 0 radical (unpaired) electrons. The standard InChI is InChI=1S/C27H35N9O4/c1-16(17-7-9-18(10-8-17)23-30-32-33-31-23)36-20-12-22(25(36)38)34(14-20)15-21(29-26(39)40-27(2,3)4)24(37)35-11-5-6-19(35)13-28/h7-10,16,19-22H,5-6,11-12,14-15H2,1-4H3,(H,29,39)(H,30,31,32,33)/t16?,19?,20-,21?,22?/m0/s1. The summed E-state index contributed by atoms with van der Waals surface area (Å²) < 4.78 is 5.42. The Bertz CT molecular complexity index is 1280. The summed E-state index contributed by atoms with van der Waals surface area (Å²) in [5, 5.41) is 26.3. The van der Waals surface area contributed by atoms with Crippen LogP contribution in [0.3, 0.4) is 0 Å². The van der Waals surface area contributed by atoms with Crippen molar-refractivity contribution in [2.45, 2.75) is 82.8 Å². The van der Waals surface area contributed by atoms with E-state index in [4.69, 9.17) is 4.74 Å². The number of rotatable bonds is 7. The summed E-state index contributed by atoms with van der Waals surface area (Å²) >= 11 is 0. The molecule has 3 fully saturated rings. The average Bonchev–Trinajstić information content (AvgIpc) is 3.71. The van der Waals surface area contributed by atoms with Crippen LogP contribution in [0.25, 0.3) is 11.4 Å². The fourth-order valence-electron chi connectivity index (χ4n) is 5.99. The van der Waals surface area contributed by atoms with Gasteiger partial charge in [0.15, 0.2) is 0 Å². The van der Waals surface area contributed by atoms with E-state index >= 15 is 0 Å². The van der Waals surface area contributed by atoms with Gasteiger partial charge in [-0.05, 0) is 57.7 Å². The van der Waals surface area contributed by atoms with Crippen molar-refractivity contribution in [1.82, 2.24) is 40.6 Å². The number of alkyl carbamates (subject to hydrolysis) is 1. The van der Waals surface area contributed by atoms with E-state index in [1.54, 1.807) is 20.8 Å². The molecular weight excluding hydrogens is 514 g/mol. The number of hydrogen-bond acceptors (Lipinski definition) is 9. The number of fused-ring (bicyclic) bond motifs is 2. The SMILES string of the molecule is CC(c1ccc(-c2nn[nH]n2)cc1)N1C(=O)C2C[C@H]1CN2CC(NC(=O)OC(C)(C)C)C(=O)N1CCCC1C#N. The minimum Gasteiger partial charge on any atom is -0.444 e. The largest absolute Gasteiger partial charge is 0.444 e. The number of aromatic nitrogens is 4. The summed E-state index contributed by atoms with van der Waals surface area (Å²) in [6, 6.07) is 7.96. The van der Waals surface area contributed by atoms with Gasteiger partial charge in [-0.2, -0.15) is 10.5 Å². The maximum absolute atomic E-state index is 13.6. The highest BCUT2D eigenvalue weighted by molar-refractivity contribution is 5.88. The molecule has 1 aromatic carbocycles. The van der Waals surface area contributed by atoms with Crippen LogP contribution in [0.5, 0.6) is 0 Å². The normalized spacial score (nSPS) is 24.2. The zero-order chi connectivity index (χ0) is 28.6. The zero-order valence-electron chi connectivity index (χ0n) is 23.2. The topological polar surface area (TPSA) is 160 Å². The molecule has 13 heteroatoms. The van der Waals surface area contributed by atoms with Crippen LogP contribution in [-0.4, -0.2) is 103 Å². The lowest BCUT2D eigenvalue weighted by Gasteiger charge is -2.39. The number of nitrogens with zero attached hydrogens (tertiary/aromatic N) is 7. The third-order valence-electron chi connectivity index (χ3n) is 7.82. The third-order valence-corrected chi connectivity index (χ3v) is 7.82. The van der Waals surface area contributed by atoms with Crippen LogP contribution in [-0.2, 0) is 14.3 Å². The molecule has 2 bridgehead atoms. The Kier molecular flexibility index (Phi) is 7.46. The van der Waals surface area contributed by atoms with Gasteiger partial charge in [0, 0.05) is 31.2 Å². The van der Waals surface area contributed by atoms with Crippen molar-refractivity contribution >= 4 is 17.9 Å². The van der Waals surface area contributed by atoms with E-state index in [0.29, 0.717) is 31.8 Å². The first-order valence-corrected chi connectivity index (χ1v) is 13.7. The van der Waals surface area contributed by atoms with Crippen LogP contribution in [0.4, 0.5) is 4.79 Å². The highest BCUT2D eigenvalue weighted by atomic mass is 16.6. The number of carbonyl (C=O) groups excluding carboxylic acids is 3. The first-order chi connectivity index (χ1) is 19.1. The van der Waals surface area contributed by atoms with E-state index in [-0.39, 0.29) is 36.5 Å². The van der Waals surface area contributed by atoms with Crippen LogP contribution in [0.2, 0.25) is 0 Å². The van der Waals surface area contributed by atoms with Crippen LogP contribution in [0.15, 0.2) is 24.3 Å². The number of H-pyrrole nitrogens is 1. The van der Waals surface area contributed by atoms with Crippen LogP contribution >= 0.6 is 0 Å². The zero-order valence-corrected chi connectivity index (χ0v) is 23.2. The van der Waals surface area contributed by atoms with Gasteiger partial charge in [-0.15, -0.1) is 10.2 Å². The minimum absolute atomic E-state index is 0.00513. The molecule has 13 nitrogen and oxygen atoms in total. The minimum atomic E-state index is -0.931. The number of nitrogens with one attached hydrogen (secondary N) is 2. The molecule has 212 valence electrons. The second kappa shape index (κ2) is 10.8. The lowest BCUT2D eigenvalue weighted by Crippen LogP contribution is -2.59. The summed E-state index contributed by atoms with van der Waals surface area (Å²) in [5.41, 5.74) is 1.09. The number of likely N-dealkylation sites (tertiary alicyclic amines) is 3. The lowest BCUT2D eigenvalue weighted by molar-refractivity contribution is -0.141. The van der Waals surface area contributed by atoms with Gasteiger partial charge in [0.05, 0.1) is 18.2 Å². The Morgan fingerprint density at radius 3 is 2.65 bits per heavy atom. The monoisotopic (exact) mass is 549 g/mol. The van der Waals surface area contributed by atoms with Gasteiger partial charge in [0.1, 0.15) is 17.7 Å². The molecule has 1 aromatic heterocycles. The highest BCUT2D eigenvalue weighted by Crippen LogP contribution is 2.38. The summed E-state index contributed by atoms with van der Waals surface area (Å²) in [6.07, 6.45) is 1.30. The molecule has 2 N–H and O–H groups in total. The van der Waals surface area contributed by atoms with Gasteiger partial charge in [-0.1, -0.05) is 24.3 Å². The van der Waals surface area contributed by atoms with Gasteiger partial charge in [-0.25, -0.2) is 4.79 Å². The van der Waals surface area contributed by atoms with E-state index in [2.05, 4.69) is 32.0 Å². The summed E-state index contributed by atoms with van der Waals surface area (Å²) in [5.74, 6) is 0.188. The molecule has 5 atom stereocenters. The third kappa shape index (κ3) is 5.49. The van der Waals surface area contributed by atoms with Gasteiger partial charge < -0.3 is 19.9 Å². The predicted molar refractivity (Wildman–Crippen MR) is 142 cm³/mol. The van der Waals surface area contributed by atoms with Crippen molar-refractivity contribution < 1.29 is 19.1 Å². The van der Waals surface area contributed by atoms with Crippen LogP contribution < -0.4 is 5.32 Å². The molecule has 0 spiro atoms. The van der Waals surface area contributed by atoms with E-state index in [0.717, 1.165) is 17.5 Å². The lowest BCUT2D eigenvalue weighted by atomic mass is 10.0. The second-order valence-corrected chi connectivity index (χ2v) is 11.7. The van der Waals surface area contributed by atoms with Crippen molar-refractivity contribution in [3.8, 4) is 17.5 Å². The predicted octanol–water partition coefficient (Wildman–Crippen LogP) is 1.62.